The molecule has 1 fully saturated rings. The second-order valence-electron chi connectivity index (χ2n) is 4.68. The lowest BCUT2D eigenvalue weighted by atomic mass is 10.1. The van der Waals surface area contributed by atoms with E-state index in [-0.39, 0.29) is 12.4 Å². The molecule has 19 heavy (non-hydrogen) atoms. The Morgan fingerprint density at radius 3 is 2.84 bits per heavy atom. The molecule has 0 amide bonds. The second kappa shape index (κ2) is 8.54. The van der Waals surface area contributed by atoms with Crippen molar-refractivity contribution in [3.05, 3.63) is 35.9 Å². The van der Waals surface area contributed by atoms with Crippen LogP contribution in [0, 0.1) is 0 Å². The highest BCUT2D eigenvalue weighted by Crippen LogP contribution is 2.20. The van der Waals surface area contributed by atoms with Gasteiger partial charge >= 0.3 is 0 Å². The zero-order valence-electron chi connectivity index (χ0n) is 11.1. The average Bonchev–Trinajstić information content (AvgIpc) is 2.47. The molecule has 0 spiro atoms. The van der Waals surface area contributed by atoms with Crippen LogP contribution in [0.4, 0.5) is 0 Å². The number of rotatable bonds is 7. The Hall–Kier alpha value is -0.610. The normalized spacial score (nSPS) is 23.4. The number of alkyl halides is 1. The van der Waals surface area contributed by atoms with Crippen molar-refractivity contribution in [2.45, 2.75) is 38.3 Å². The first-order chi connectivity index (χ1) is 9.38. The van der Waals surface area contributed by atoms with E-state index in [2.05, 4.69) is 12.1 Å². The summed E-state index contributed by atoms with van der Waals surface area (Å²) in [7, 11) is 0. The maximum atomic E-state index is 5.82. The molecular formula is C15H21ClO3. The number of hydrogen-bond acceptors (Lipinski definition) is 3. The van der Waals surface area contributed by atoms with Crippen LogP contribution >= 0.6 is 11.6 Å². The van der Waals surface area contributed by atoms with Crippen molar-refractivity contribution >= 4 is 11.6 Å². The molecule has 106 valence electrons. The van der Waals surface area contributed by atoms with Gasteiger partial charge < -0.3 is 14.2 Å². The Morgan fingerprint density at radius 1 is 1.21 bits per heavy atom. The predicted molar refractivity (Wildman–Crippen MR) is 75.3 cm³/mol. The van der Waals surface area contributed by atoms with Crippen molar-refractivity contribution in [3.8, 4) is 0 Å². The monoisotopic (exact) mass is 284 g/mol. The summed E-state index contributed by atoms with van der Waals surface area (Å²) in [6.45, 7) is 1.80. The van der Waals surface area contributed by atoms with Gasteiger partial charge in [0.25, 0.3) is 0 Å². The van der Waals surface area contributed by atoms with Crippen LogP contribution in [0.25, 0.3) is 0 Å². The summed E-state index contributed by atoms with van der Waals surface area (Å²) in [6.07, 6.45) is 3.13. The first kappa shape index (κ1) is 14.8. The van der Waals surface area contributed by atoms with Gasteiger partial charge in [-0.05, 0) is 24.8 Å². The summed E-state index contributed by atoms with van der Waals surface area (Å²) < 4.78 is 17.0. The number of hydrogen-bond donors (Lipinski definition) is 0. The van der Waals surface area contributed by atoms with E-state index in [1.54, 1.807) is 0 Å². The minimum absolute atomic E-state index is 0.113. The average molecular weight is 285 g/mol. The third-order valence-electron chi connectivity index (χ3n) is 3.11. The molecule has 1 aliphatic heterocycles. The lowest BCUT2D eigenvalue weighted by molar-refractivity contribution is -0.202. The van der Waals surface area contributed by atoms with E-state index in [1.807, 2.05) is 18.2 Å². The van der Waals surface area contributed by atoms with Crippen LogP contribution in [0.1, 0.15) is 24.8 Å². The molecule has 3 nitrogen and oxygen atoms in total. The van der Waals surface area contributed by atoms with Crippen LogP contribution in [0.3, 0.4) is 0 Å². The summed E-state index contributed by atoms with van der Waals surface area (Å²) in [6, 6.07) is 10.2. The molecule has 1 aromatic carbocycles. The number of benzene rings is 1. The molecule has 1 saturated heterocycles. The highest BCUT2D eigenvalue weighted by molar-refractivity contribution is 6.17. The van der Waals surface area contributed by atoms with Crippen LogP contribution in [0.5, 0.6) is 0 Å². The molecule has 0 radical (unpaired) electrons. The van der Waals surface area contributed by atoms with Gasteiger partial charge in [-0.2, -0.15) is 0 Å². The summed E-state index contributed by atoms with van der Waals surface area (Å²) in [4.78, 5) is 0. The highest BCUT2D eigenvalue weighted by atomic mass is 35.5. The zero-order chi connectivity index (χ0) is 13.3. The van der Waals surface area contributed by atoms with E-state index < -0.39 is 0 Å². The third kappa shape index (κ3) is 5.49. The quantitative estimate of drug-likeness (QED) is 0.719. The molecular weight excluding hydrogens is 264 g/mol. The number of ether oxygens (including phenoxy) is 3. The minimum Gasteiger partial charge on any atom is -0.374 e. The molecule has 4 heteroatoms. The van der Waals surface area contributed by atoms with Gasteiger partial charge in [-0.3, -0.25) is 0 Å². The van der Waals surface area contributed by atoms with Gasteiger partial charge in [-0.1, -0.05) is 30.3 Å². The highest BCUT2D eigenvalue weighted by Gasteiger charge is 2.22. The van der Waals surface area contributed by atoms with E-state index in [0.29, 0.717) is 25.7 Å². The molecule has 0 unspecified atom stereocenters. The van der Waals surface area contributed by atoms with Crippen molar-refractivity contribution in [1.29, 1.82) is 0 Å². The topological polar surface area (TPSA) is 27.7 Å². The summed E-state index contributed by atoms with van der Waals surface area (Å²) in [5.74, 6) is 0.509. The van der Waals surface area contributed by atoms with Crippen LogP contribution < -0.4 is 0 Å². The maximum absolute atomic E-state index is 5.82. The number of halogens is 1. The molecule has 0 aliphatic carbocycles. The lowest BCUT2D eigenvalue weighted by Gasteiger charge is -2.29. The first-order valence-corrected chi connectivity index (χ1v) is 7.36. The fourth-order valence-electron chi connectivity index (χ4n) is 2.17. The van der Waals surface area contributed by atoms with Gasteiger partial charge in [-0.25, -0.2) is 0 Å². The minimum atomic E-state index is -0.113. The standard InChI is InChI=1S/C15H21ClO3/c16-9-10-18-15-8-4-7-14(19-15)12-17-11-13-5-2-1-3-6-13/h1-3,5-6,14-15H,4,7-12H2/t14-,15+/m0/s1. The Balaban J connectivity index is 1.65. The molecule has 2 rings (SSSR count). The molecule has 0 bridgehead atoms. The SMILES string of the molecule is ClCCO[C@H]1CCC[C@@H](COCc2ccccc2)O1. The molecule has 1 heterocycles. The Kier molecular flexibility index (Phi) is 6.65. The van der Waals surface area contributed by atoms with Gasteiger partial charge in [0.1, 0.15) is 0 Å². The molecule has 0 N–H and O–H groups in total. The van der Waals surface area contributed by atoms with Gasteiger partial charge in [0.15, 0.2) is 6.29 Å². The molecule has 1 aromatic rings. The van der Waals surface area contributed by atoms with Gasteiger partial charge in [0.05, 0.1) is 25.9 Å². The van der Waals surface area contributed by atoms with Crippen molar-refractivity contribution < 1.29 is 14.2 Å². The molecule has 0 aromatic heterocycles. The van der Waals surface area contributed by atoms with E-state index in [1.165, 1.54) is 5.56 Å². The van der Waals surface area contributed by atoms with Crippen LogP contribution in [-0.2, 0) is 20.8 Å². The Labute approximate surface area is 119 Å². The van der Waals surface area contributed by atoms with Crippen molar-refractivity contribution in [2.24, 2.45) is 0 Å². The third-order valence-corrected chi connectivity index (χ3v) is 3.26. The maximum Gasteiger partial charge on any atom is 0.158 e. The van der Waals surface area contributed by atoms with E-state index in [9.17, 15) is 0 Å². The zero-order valence-corrected chi connectivity index (χ0v) is 11.8. The summed E-state index contributed by atoms with van der Waals surface area (Å²) in [5, 5.41) is 0. The van der Waals surface area contributed by atoms with Crippen LogP contribution in [0.2, 0.25) is 0 Å². The molecule has 0 saturated carbocycles. The van der Waals surface area contributed by atoms with Crippen LogP contribution in [-0.4, -0.2) is 31.5 Å². The van der Waals surface area contributed by atoms with Gasteiger partial charge in [0.2, 0.25) is 0 Å². The van der Waals surface area contributed by atoms with E-state index in [0.717, 1.165) is 19.3 Å². The summed E-state index contributed by atoms with van der Waals surface area (Å²) in [5.41, 5.74) is 1.19. The Bertz CT molecular complexity index is 345. The smallest absolute Gasteiger partial charge is 0.158 e. The summed E-state index contributed by atoms with van der Waals surface area (Å²) >= 11 is 5.60. The van der Waals surface area contributed by atoms with Gasteiger partial charge in [-0.15, -0.1) is 11.6 Å². The van der Waals surface area contributed by atoms with Crippen molar-refractivity contribution in [2.75, 3.05) is 19.1 Å². The van der Waals surface area contributed by atoms with Crippen molar-refractivity contribution in [3.63, 3.8) is 0 Å². The fraction of sp³-hybridized carbons (Fsp3) is 0.600. The molecule has 1 aliphatic rings. The van der Waals surface area contributed by atoms with E-state index in [4.69, 9.17) is 25.8 Å². The van der Waals surface area contributed by atoms with Gasteiger partial charge in [0, 0.05) is 5.88 Å². The Morgan fingerprint density at radius 2 is 2.05 bits per heavy atom. The molecule has 2 atom stereocenters. The largest absolute Gasteiger partial charge is 0.374 e. The van der Waals surface area contributed by atoms with E-state index >= 15 is 0 Å². The van der Waals surface area contributed by atoms with Crippen LogP contribution in [0.15, 0.2) is 30.3 Å². The first-order valence-electron chi connectivity index (χ1n) is 6.83. The second-order valence-corrected chi connectivity index (χ2v) is 5.06. The van der Waals surface area contributed by atoms with Crippen molar-refractivity contribution in [1.82, 2.24) is 0 Å². The lowest BCUT2D eigenvalue weighted by Crippen LogP contribution is -2.33. The predicted octanol–water partition coefficient (Wildman–Crippen LogP) is 3.35. The fourth-order valence-corrected chi connectivity index (χ4v) is 2.26.